The third kappa shape index (κ3) is 2.13. The first kappa shape index (κ1) is 13.0. The number of amides is 1. The second-order valence-electron chi connectivity index (χ2n) is 4.17. The topological polar surface area (TPSA) is 63.7 Å². The number of benzene rings is 1. The van der Waals surface area contributed by atoms with E-state index in [4.69, 9.17) is 0 Å². The van der Waals surface area contributed by atoms with E-state index >= 15 is 0 Å². The zero-order valence-electron chi connectivity index (χ0n) is 10.3. The molecule has 0 aromatic heterocycles. The number of carbonyl (C=O) groups is 1. The summed E-state index contributed by atoms with van der Waals surface area (Å²) in [6.07, 6.45) is 1.32. The minimum Gasteiger partial charge on any atom is -0.312 e. The lowest BCUT2D eigenvalue weighted by molar-refractivity contribution is -0.117. The highest BCUT2D eigenvalue weighted by molar-refractivity contribution is 7.86. The van der Waals surface area contributed by atoms with Gasteiger partial charge < -0.3 is 4.90 Å². The van der Waals surface area contributed by atoms with E-state index in [1.165, 1.54) is 6.07 Å². The first-order valence-corrected chi connectivity index (χ1v) is 7.09. The minimum absolute atomic E-state index is 0.0325. The third-order valence-corrected chi connectivity index (χ3v) is 4.53. The highest BCUT2D eigenvalue weighted by Gasteiger charge is 2.26. The molecule has 0 bridgehead atoms. The van der Waals surface area contributed by atoms with Crippen LogP contribution in [0.15, 0.2) is 23.1 Å². The van der Waals surface area contributed by atoms with Crippen molar-refractivity contribution in [1.82, 2.24) is 0 Å². The number of rotatable bonds is 3. The average molecular weight is 269 g/mol. The van der Waals surface area contributed by atoms with Crippen LogP contribution in [-0.4, -0.2) is 28.0 Å². The standard InChI is InChI=1S/C12H15NO4S/c1-9-10(13-8-4-7-12(13)14)5-3-6-11(9)18(15,16)17-2/h3,5-6H,4,7-8H2,1-2H3. The Labute approximate surface area is 106 Å². The van der Waals surface area contributed by atoms with E-state index < -0.39 is 10.1 Å². The van der Waals surface area contributed by atoms with Gasteiger partial charge >= 0.3 is 0 Å². The Hall–Kier alpha value is -1.40. The number of hydrogen-bond donors (Lipinski definition) is 0. The molecule has 0 unspecified atom stereocenters. The number of nitrogens with zero attached hydrogens (tertiary/aromatic N) is 1. The average Bonchev–Trinajstić information content (AvgIpc) is 2.75. The van der Waals surface area contributed by atoms with Crippen LogP contribution in [0.4, 0.5) is 5.69 Å². The molecule has 0 aliphatic carbocycles. The predicted octanol–water partition coefficient (Wildman–Crippen LogP) is 1.46. The van der Waals surface area contributed by atoms with E-state index in [0.717, 1.165) is 13.5 Å². The lowest BCUT2D eigenvalue weighted by atomic mass is 10.2. The number of anilines is 1. The summed E-state index contributed by atoms with van der Waals surface area (Å²) in [5.74, 6) is 0.0325. The van der Waals surface area contributed by atoms with Crippen LogP contribution in [0.1, 0.15) is 18.4 Å². The smallest absolute Gasteiger partial charge is 0.297 e. The maximum Gasteiger partial charge on any atom is 0.297 e. The van der Waals surface area contributed by atoms with Gasteiger partial charge in [0, 0.05) is 18.7 Å². The van der Waals surface area contributed by atoms with Crippen molar-refractivity contribution < 1.29 is 17.4 Å². The van der Waals surface area contributed by atoms with Crippen LogP contribution >= 0.6 is 0 Å². The highest BCUT2D eigenvalue weighted by Crippen LogP contribution is 2.29. The molecule has 0 atom stereocenters. The van der Waals surface area contributed by atoms with Crippen molar-refractivity contribution in [3.05, 3.63) is 23.8 Å². The third-order valence-electron chi connectivity index (χ3n) is 3.11. The van der Waals surface area contributed by atoms with Crippen molar-refractivity contribution in [2.75, 3.05) is 18.6 Å². The molecule has 1 aliphatic rings. The summed E-state index contributed by atoms with van der Waals surface area (Å²) in [5, 5.41) is 0. The second kappa shape index (κ2) is 4.70. The molecular weight excluding hydrogens is 254 g/mol. The van der Waals surface area contributed by atoms with Crippen LogP contribution in [0.2, 0.25) is 0 Å². The van der Waals surface area contributed by atoms with Gasteiger partial charge in [0.15, 0.2) is 0 Å². The second-order valence-corrected chi connectivity index (χ2v) is 5.85. The summed E-state index contributed by atoms with van der Waals surface area (Å²) in [7, 11) is -2.61. The summed E-state index contributed by atoms with van der Waals surface area (Å²) >= 11 is 0. The Morgan fingerprint density at radius 3 is 2.61 bits per heavy atom. The summed E-state index contributed by atoms with van der Waals surface area (Å²) in [5.41, 5.74) is 1.20. The van der Waals surface area contributed by atoms with Crippen molar-refractivity contribution in [2.45, 2.75) is 24.7 Å². The SMILES string of the molecule is COS(=O)(=O)c1cccc(N2CCCC2=O)c1C. The van der Waals surface area contributed by atoms with E-state index in [2.05, 4.69) is 4.18 Å². The Morgan fingerprint density at radius 2 is 2.06 bits per heavy atom. The summed E-state index contributed by atoms with van der Waals surface area (Å²) in [4.78, 5) is 13.4. The molecule has 1 aromatic carbocycles. The maximum atomic E-state index is 11.7. The molecule has 1 amide bonds. The van der Waals surface area contributed by atoms with E-state index in [9.17, 15) is 13.2 Å². The van der Waals surface area contributed by atoms with E-state index in [1.807, 2.05) is 0 Å². The molecule has 98 valence electrons. The number of hydrogen-bond acceptors (Lipinski definition) is 4. The molecule has 0 N–H and O–H groups in total. The molecule has 1 heterocycles. The van der Waals surface area contributed by atoms with Crippen molar-refractivity contribution in [1.29, 1.82) is 0 Å². The quantitative estimate of drug-likeness (QED) is 0.779. The van der Waals surface area contributed by atoms with Gasteiger partial charge in [0.2, 0.25) is 5.91 Å². The van der Waals surface area contributed by atoms with Gasteiger partial charge in [-0.05, 0) is 31.0 Å². The van der Waals surface area contributed by atoms with Gasteiger partial charge in [0.1, 0.15) is 0 Å². The lowest BCUT2D eigenvalue weighted by Crippen LogP contribution is -2.25. The van der Waals surface area contributed by atoms with Gasteiger partial charge in [0.25, 0.3) is 10.1 Å². The normalized spacial score (nSPS) is 16.3. The molecule has 6 heteroatoms. The van der Waals surface area contributed by atoms with Crippen LogP contribution in [-0.2, 0) is 19.1 Å². The Balaban J connectivity index is 2.52. The molecule has 0 spiro atoms. The first-order valence-electron chi connectivity index (χ1n) is 5.68. The van der Waals surface area contributed by atoms with Crippen molar-refractivity contribution in [3.8, 4) is 0 Å². The van der Waals surface area contributed by atoms with Gasteiger partial charge in [-0.2, -0.15) is 8.42 Å². The molecule has 1 aliphatic heterocycles. The highest BCUT2D eigenvalue weighted by atomic mass is 32.2. The summed E-state index contributed by atoms with van der Waals surface area (Å²) in [6, 6.07) is 4.87. The van der Waals surface area contributed by atoms with Crippen LogP contribution < -0.4 is 4.90 Å². The maximum absolute atomic E-state index is 11.7. The first-order chi connectivity index (χ1) is 8.47. The van der Waals surface area contributed by atoms with Gasteiger partial charge in [-0.15, -0.1) is 0 Å². The Bertz CT molecular complexity index is 580. The van der Waals surface area contributed by atoms with E-state index in [0.29, 0.717) is 24.2 Å². The fourth-order valence-corrected chi connectivity index (χ4v) is 3.06. The van der Waals surface area contributed by atoms with Crippen LogP contribution in [0.5, 0.6) is 0 Å². The van der Waals surface area contributed by atoms with E-state index in [-0.39, 0.29) is 10.8 Å². The predicted molar refractivity (Wildman–Crippen MR) is 67.0 cm³/mol. The van der Waals surface area contributed by atoms with Crippen LogP contribution in [0, 0.1) is 6.92 Å². The molecule has 1 aromatic rings. The van der Waals surface area contributed by atoms with Crippen molar-refractivity contribution in [2.24, 2.45) is 0 Å². The summed E-state index contributed by atoms with van der Waals surface area (Å²) in [6.45, 7) is 2.32. The Kier molecular flexibility index (Phi) is 3.41. The van der Waals surface area contributed by atoms with Gasteiger partial charge in [0.05, 0.1) is 12.0 Å². The largest absolute Gasteiger partial charge is 0.312 e. The molecule has 1 saturated heterocycles. The molecule has 1 fully saturated rings. The monoisotopic (exact) mass is 269 g/mol. The van der Waals surface area contributed by atoms with Gasteiger partial charge in [-0.3, -0.25) is 8.98 Å². The van der Waals surface area contributed by atoms with Crippen LogP contribution in [0.25, 0.3) is 0 Å². The van der Waals surface area contributed by atoms with Gasteiger partial charge in [-0.1, -0.05) is 6.07 Å². The molecule has 2 rings (SSSR count). The fraction of sp³-hybridized carbons (Fsp3) is 0.417. The molecule has 18 heavy (non-hydrogen) atoms. The zero-order chi connectivity index (χ0) is 13.3. The molecular formula is C12H15NO4S. The number of carbonyl (C=O) groups excluding carboxylic acids is 1. The van der Waals surface area contributed by atoms with Gasteiger partial charge in [-0.25, -0.2) is 0 Å². The zero-order valence-corrected chi connectivity index (χ0v) is 11.2. The molecule has 0 saturated carbocycles. The minimum atomic E-state index is -3.74. The Morgan fingerprint density at radius 1 is 1.33 bits per heavy atom. The van der Waals surface area contributed by atoms with Crippen molar-refractivity contribution in [3.63, 3.8) is 0 Å². The molecule has 5 nitrogen and oxygen atoms in total. The lowest BCUT2D eigenvalue weighted by Gasteiger charge is -2.19. The van der Waals surface area contributed by atoms with E-state index in [1.54, 1.807) is 24.0 Å². The molecule has 0 radical (unpaired) electrons. The van der Waals surface area contributed by atoms with Crippen LogP contribution in [0.3, 0.4) is 0 Å². The van der Waals surface area contributed by atoms with Crippen molar-refractivity contribution >= 4 is 21.7 Å². The summed E-state index contributed by atoms with van der Waals surface area (Å²) < 4.78 is 28.0. The fourth-order valence-electron chi connectivity index (χ4n) is 2.16.